The Labute approximate surface area is 167 Å². The number of hydrogen-bond acceptors (Lipinski definition) is 5. The molecule has 0 saturated heterocycles. The van der Waals surface area contributed by atoms with Gasteiger partial charge >= 0.3 is 5.69 Å². The second-order valence-electron chi connectivity index (χ2n) is 5.98. The lowest BCUT2D eigenvalue weighted by Gasteiger charge is -2.05. The van der Waals surface area contributed by atoms with E-state index < -0.39 is 17.2 Å². The van der Waals surface area contributed by atoms with Crippen LogP contribution in [0.5, 0.6) is 0 Å². The van der Waals surface area contributed by atoms with Crippen LogP contribution in [-0.4, -0.2) is 30.8 Å². The largest absolute Gasteiger partial charge is 0.332 e. The molecule has 0 unspecified atom stereocenters. The van der Waals surface area contributed by atoms with Gasteiger partial charge in [-0.15, -0.1) is 0 Å². The van der Waals surface area contributed by atoms with Crippen molar-refractivity contribution in [1.82, 2.24) is 24.1 Å². The van der Waals surface area contributed by atoms with E-state index in [2.05, 4.69) is 31.4 Å². The highest BCUT2D eigenvalue weighted by molar-refractivity contribution is 9.12. The summed E-state index contributed by atoms with van der Waals surface area (Å²) in [6.07, 6.45) is 4.66. The van der Waals surface area contributed by atoms with Gasteiger partial charge in [0.2, 0.25) is 0 Å². The minimum absolute atomic E-state index is 0.165. The van der Waals surface area contributed by atoms with Gasteiger partial charge in [-0.1, -0.05) is 30.3 Å². The summed E-state index contributed by atoms with van der Waals surface area (Å²) in [5, 5.41) is 3.89. The van der Waals surface area contributed by atoms with Crippen molar-refractivity contribution in [2.24, 2.45) is 19.2 Å². The first-order valence-electron chi connectivity index (χ1n) is 8.23. The molecule has 1 N–H and O–H groups in total. The average molecular weight is 445 g/mol. The van der Waals surface area contributed by atoms with Crippen molar-refractivity contribution < 1.29 is 4.79 Å². The minimum atomic E-state index is -0.513. The number of aromatic nitrogens is 4. The van der Waals surface area contributed by atoms with Crippen LogP contribution in [-0.2, 0) is 25.4 Å². The summed E-state index contributed by atoms with van der Waals surface area (Å²) < 4.78 is 4.30. The van der Waals surface area contributed by atoms with Gasteiger partial charge in [0.15, 0.2) is 11.2 Å². The van der Waals surface area contributed by atoms with Crippen molar-refractivity contribution in [2.45, 2.75) is 6.54 Å². The molecule has 0 saturated carbocycles. The summed E-state index contributed by atoms with van der Waals surface area (Å²) >= 11 is 3.36. The van der Waals surface area contributed by atoms with Gasteiger partial charge in [-0.3, -0.25) is 18.7 Å². The Morgan fingerprint density at radius 1 is 1.21 bits per heavy atom. The Kier molecular flexibility index (Phi) is 5.69. The molecule has 144 valence electrons. The Hall–Kier alpha value is -3.27. The van der Waals surface area contributed by atoms with Crippen LogP contribution in [0.1, 0.15) is 5.56 Å². The Morgan fingerprint density at radius 3 is 2.64 bits per heavy atom. The van der Waals surface area contributed by atoms with Crippen LogP contribution in [0.3, 0.4) is 0 Å². The molecular formula is C18H17BrN6O3. The van der Waals surface area contributed by atoms with Gasteiger partial charge in [-0.25, -0.2) is 15.2 Å². The predicted octanol–water partition coefficient (Wildman–Crippen LogP) is 0.972. The fraction of sp³-hybridized carbons (Fsp3) is 0.167. The van der Waals surface area contributed by atoms with E-state index in [4.69, 9.17) is 0 Å². The van der Waals surface area contributed by atoms with Gasteiger partial charge in [0.1, 0.15) is 6.54 Å². The van der Waals surface area contributed by atoms with E-state index in [1.54, 1.807) is 0 Å². The molecule has 0 radical (unpaired) electrons. The fourth-order valence-corrected chi connectivity index (χ4v) is 2.99. The summed E-state index contributed by atoms with van der Waals surface area (Å²) in [6.45, 7) is -0.165. The van der Waals surface area contributed by atoms with Crippen molar-refractivity contribution in [3.05, 3.63) is 67.5 Å². The molecule has 0 aliphatic heterocycles. The second-order valence-corrected chi connectivity index (χ2v) is 6.90. The molecule has 2 heterocycles. The molecule has 9 nitrogen and oxygen atoms in total. The number of halogens is 1. The van der Waals surface area contributed by atoms with Crippen LogP contribution in [0.25, 0.3) is 17.2 Å². The van der Waals surface area contributed by atoms with Crippen LogP contribution in [0, 0.1) is 0 Å². The van der Waals surface area contributed by atoms with Gasteiger partial charge in [-0.05, 0) is 27.6 Å². The molecule has 0 aliphatic carbocycles. The number of carbonyl (C=O) groups excluding carboxylic acids is 1. The minimum Gasteiger partial charge on any atom is -0.315 e. The first-order valence-corrected chi connectivity index (χ1v) is 9.03. The lowest BCUT2D eigenvalue weighted by Crippen LogP contribution is -2.38. The maximum absolute atomic E-state index is 12.4. The average Bonchev–Trinajstić information content (AvgIpc) is 3.09. The first kappa shape index (κ1) is 19.5. The molecular weight excluding hydrogens is 428 g/mol. The van der Waals surface area contributed by atoms with Crippen LogP contribution < -0.4 is 16.7 Å². The molecule has 0 spiro atoms. The number of rotatable bonds is 5. The number of allylic oxidation sites excluding steroid dienone is 1. The molecule has 3 rings (SSSR count). The molecule has 0 bridgehead atoms. The number of benzene rings is 1. The number of amides is 1. The Morgan fingerprint density at radius 2 is 1.93 bits per heavy atom. The van der Waals surface area contributed by atoms with Crippen molar-refractivity contribution >= 4 is 45.3 Å². The summed E-state index contributed by atoms with van der Waals surface area (Å²) in [5.74, 6) is -0.438. The highest BCUT2D eigenvalue weighted by Crippen LogP contribution is 2.09. The van der Waals surface area contributed by atoms with E-state index in [-0.39, 0.29) is 17.7 Å². The third kappa shape index (κ3) is 4.01. The summed E-state index contributed by atoms with van der Waals surface area (Å²) in [5.41, 5.74) is 2.78. The highest BCUT2D eigenvalue weighted by atomic mass is 79.9. The quantitative estimate of drug-likeness (QED) is 0.467. The first-order chi connectivity index (χ1) is 13.4. The fourth-order valence-electron chi connectivity index (χ4n) is 2.62. The monoisotopic (exact) mass is 444 g/mol. The van der Waals surface area contributed by atoms with Crippen LogP contribution >= 0.6 is 15.9 Å². The van der Waals surface area contributed by atoms with E-state index in [1.165, 1.54) is 35.8 Å². The summed E-state index contributed by atoms with van der Waals surface area (Å²) in [6, 6.07) is 9.63. The number of nitrogens with zero attached hydrogens (tertiary/aromatic N) is 5. The maximum atomic E-state index is 12.4. The number of aryl methyl sites for hydroxylation is 1. The van der Waals surface area contributed by atoms with Crippen molar-refractivity contribution in [1.29, 1.82) is 0 Å². The third-order valence-corrected chi connectivity index (χ3v) is 4.45. The van der Waals surface area contributed by atoms with Crippen molar-refractivity contribution in [2.75, 3.05) is 0 Å². The molecule has 10 heteroatoms. The molecule has 0 fully saturated rings. The zero-order valence-corrected chi connectivity index (χ0v) is 16.8. The number of hydrogen-bond donors (Lipinski definition) is 1. The number of imidazole rings is 1. The predicted molar refractivity (Wildman–Crippen MR) is 110 cm³/mol. The molecule has 3 aromatic rings. The van der Waals surface area contributed by atoms with Crippen LogP contribution in [0.2, 0.25) is 0 Å². The van der Waals surface area contributed by atoms with E-state index in [1.807, 2.05) is 36.4 Å². The van der Waals surface area contributed by atoms with Crippen LogP contribution in [0.15, 0.2) is 55.8 Å². The topological polar surface area (TPSA) is 103 Å². The molecule has 0 atom stereocenters. The number of hydrazone groups is 1. The second kappa shape index (κ2) is 8.17. The lowest BCUT2D eigenvalue weighted by atomic mass is 10.2. The maximum Gasteiger partial charge on any atom is 0.332 e. The number of carbonyl (C=O) groups is 1. The number of fused-ring (bicyclic) bond motifs is 1. The van der Waals surface area contributed by atoms with E-state index in [9.17, 15) is 14.4 Å². The third-order valence-electron chi connectivity index (χ3n) is 4.01. The Balaban J connectivity index is 1.73. The highest BCUT2D eigenvalue weighted by Gasteiger charge is 2.15. The standard InChI is InChI=1S/C18H17BrN6O3/c1-23-16-15(17(27)24(2)18(23)28)25(11-20-16)10-14(26)22-21-9-13(19)8-12-6-4-3-5-7-12/h3-9,11H,10H2,1-2H3,(H,22,26)/b13-8-,21-9?. The van der Waals surface area contributed by atoms with Gasteiger partial charge in [0.05, 0.1) is 12.5 Å². The van der Waals surface area contributed by atoms with E-state index in [0.29, 0.717) is 4.48 Å². The van der Waals surface area contributed by atoms with Crippen LogP contribution in [0.4, 0.5) is 0 Å². The molecule has 28 heavy (non-hydrogen) atoms. The molecule has 0 aliphatic rings. The molecule has 2 aromatic heterocycles. The summed E-state index contributed by atoms with van der Waals surface area (Å²) in [4.78, 5) is 40.5. The molecule has 1 aromatic carbocycles. The SMILES string of the molecule is Cn1c(=O)c2c(ncn2CC(=O)NN=C/C(Br)=C/c2ccccc2)n(C)c1=O. The van der Waals surface area contributed by atoms with E-state index >= 15 is 0 Å². The zero-order chi connectivity index (χ0) is 20.3. The summed E-state index contributed by atoms with van der Waals surface area (Å²) in [7, 11) is 2.89. The zero-order valence-electron chi connectivity index (χ0n) is 15.2. The molecule has 1 amide bonds. The van der Waals surface area contributed by atoms with Crippen molar-refractivity contribution in [3.63, 3.8) is 0 Å². The number of nitrogens with one attached hydrogen (secondary N) is 1. The van der Waals surface area contributed by atoms with Gasteiger partial charge in [0, 0.05) is 18.6 Å². The van der Waals surface area contributed by atoms with Gasteiger partial charge in [-0.2, -0.15) is 5.10 Å². The van der Waals surface area contributed by atoms with E-state index in [0.717, 1.165) is 10.1 Å². The normalized spacial score (nSPS) is 12.0. The van der Waals surface area contributed by atoms with Crippen molar-refractivity contribution in [3.8, 4) is 0 Å². The van der Waals surface area contributed by atoms with Gasteiger partial charge in [0.25, 0.3) is 11.5 Å². The lowest BCUT2D eigenvalue weighted by molar-refractivity contribution is -0.121. The Bertz CT molecular complexity index is 1200. The smallest absolute Gasteiger partial charge is 0.315 e. The van der Waals surface area contributed by atoms with Gasteiger partial charge < -0.3 is 4.57 Å².